The molecule has 0 aromatic carbocycles. The molecule has 3 unspecified atom stereocenters. The molecule has 1 aliphatic heterocycles. The number of hydrogen-bond donors (Lipinski definition) is 1. The van der Waals surface area contributed by atoms with Crippen molar-refractivity contribution in [1.29, 1.82) is 0 Å². The fraction of sp³-hybridized carbons (Fsp3) is 0.923. The molecule has 0 radical (unpaired) electrons. The van der Waals surface area contributed by atoms with Gasteiger partial charge >= 0.3 is 5.97 Å². The number of fused-ring (bicyclic) bond motifs is 1. The van der Waals surface area contributed by atoms with E-state index >= 15 is 0 Å². The average Bonchev–Trinajstić information content (AvgIpc) is 3.02. The Morgan fingerprint density at radius 3 is 2.75 bits per heavy atom. The lowest BCUT2D eigenvalue weighted by Gasteiger charge is -2.24. The van der Waals surface area contributed by atoms with Crippen LogP contribution in [-0.2, 0) is 9.53 Å². The van der Waals surface area contributed by atoms with Gasteiger partial charge in [-0.15, -0.1) is 0 Å². The third kappa shape index (κ3) is 2.24. The molecular weight excluding hydrogens is 202 g/mol. The first-order valence-electron chi connectivity index (χ1n) is 6.75. The summed E-state index contributed by atoms with van der Waals surface area (Å²) in [4.78, 5) is 11.8. The van der Waals surface area contributed by atoms with Gasteiger partial charge in [-0.2, -0.15) is 0 Å². The zero-order valence-electron chi connectivity index (χ0n) is 9.78. The van der Waals surface area contributed by atoms with E-state index in [2.05, 4.69) is 5.32 Å². The van der Waals surface area contributed by atoms with Crippen LogP contribution in [0.2, 0.25) is 0 Å². The lowest BCUT2D eigenvalue weighted by atomic mass is 9.85. The van der Waals surface area contributed by atoms with E-state index in [0.717, 1.165) is 12.3 Å². The maximum absolute atomic E-state index is 11.8. The molecule has 90 valence electrons. The predicted molar refractivity (Wildman–Crippen MR) is 61.0 cm³/mol. The maximum atomic E-state index is 11.8. The molecule has 3 atom stereocenters. The van der Waals surface area contributed by atoms with Crippen molar-refractivity contribution in [3.63, 3.8) is 0 Å². The van der Waals surface area contributed by atoms with Gasteiger partial charge in [-0.1, -0.05) is 12.8 Å². The molecule has 0 amide bonds. The first-order valence-corrected chi connectivity index (χ1v) is 6.75. The monoisotopic (exact) mass is 223 g/mol. The summed E-state index contributed by atoms with van der Waals surface area (Å²) in [5.41, 5.74) is 0. The molecule has 0 bridgehead atoms. The molecule has 3 rings (SSSR count). The van der Waals surface area contributed by atoms with Crippen LogP contribution < -0.4 is 5.32 Å². The van der Waals surface area contributed by atoms with E-state index in [1.165, 1.54) is 38.5 Å². The van der Waals surface area contributed by atoms with Gasteiger partial charge in [0.25, 0.3) is 0 Å². The Balaban J connectivity index is 1.49. The number of ether oxygens (including phenoxy) is 1. The molecule has 3 aliphatic rings. The number of carbonyl (C=O) groups excluding carboxylic acids is 1. The van der Waals surface area contributed by atoms with E-state index in [4.69, 9.17) is 4.74 Å². The third-order valence-corrected chi connectivity index (χ3v) is 4.31. The quantitative estimate of drug-likeness (QED) is 0.742. The average molecular weight is 223 g/mol. The van der Waals surface area contributed by atoms with E-state index in [1.807, 2.05) is 0 Å². The molecule has 2 aliphatic carbocycles. The van der Waals surface area contributed by atoms with Crippen LogP contribution >= 0.6 is 0 Å². The zero-order chi connectivity index (χ0) is 11.0. The highest BCUT2D eigenvalue weighted by Crippen LogP contribution is 2.34. The van der Waals surface area contributed by atoms with Crippen LogP contribution in [0.15, 0.2) is 0 Å². The Labute approximate surface area is 96.9 Å². The molecule has 3 nitrogen and oxygen atoms in total. The summed E-state index contributed by atoms with van der Waals surface area (Å²) >= 11 is 0. The van der Waals surface area contributed by atoms with Crippen LogP contribution in [0.3, 0.4) is 0 Å². The number of hydrogen-bond acceptors (Lipinski definition) is 3. The minimum absolute atomic E-state index is 0.00120. The Morgan fingerprint density at radius 1 is 1.19 bits per heavy atom. The number of nitrogens with one attached hydrogen (secondary N) is 1. The normalized spacial score (nSPS) is 38.1. The Bertz CT molecular complexity index is 261. The van der Waals surface area contributed by atoms with E-state index in [9.17, 15) is 4.79 Å². The van der Waals surface area contributed by atoms with Crippen LogP contribution in [-0.4, -0.2) is 24.7 Å². The largest absolute Gasteiger partial charge is 0.464 e. The van der Waals surface area contributed by atoms with Crippen LogP contribution in [0.5, 0.6) is 0 Å². The van der Waals surface area contributed by atoms with E-state index in [-0.39, 0.29) is 12.0 Å². The minimum atomic E-state index is -0.00755. The summed E-state index contributed by atoms with van der Waals surface area (Å²) in [6.45, 7) is 0.659. The number of rotatable bonds is 3. The van der Waals surface area contributed by atoms with E-state index < -0.39 is 0 Å². The summed E-state index contributed by atoms with van der Waals surface area (Å²) in [5.74, 6) is 1.40. The molecule has 1 N–H and O–H groups in total. The second kappa shape index (κ2) is 4.36. The first kappa shape index (κ1) is 10.6. The van der Waals surface area contributed by atoms with Crippen molar-refractivity contribution < 1.29 is 9.53 Å². The maximum Gasteiger partial charge on any atom is 0.323 e. The van der Waals surface area contributed by atoms with Crippen molar-refractivity contribution >= 4 is 5.97 Å². The highest BCUT2D eigenvalue weighted by Gasteiger charge is 2.39. The molecular formula is C13H21NO2. The van der Waals surface area contributed by atoms with Gasteiger partial charge in [-0.3, -0.25) is 4.79 Å². The van der Waals surface area contributed by atoms with Crippen molar-refractivity contribution in [3.05, 3.63) is 0 Å². The number of esters is 1. The highest BCUT2D eigenvalue weighted by molar-refractivity contribution is 5.76. The van der Waals surface area contributed by atoms with Gasteiger partial charge in [-0.05, 0) is 43.9 Å². The van der Waals surface area contributed by atoms with Gasteiger partial charge in [0.1, 0.15) is 6.04 Å². The summed E-state index contributed by atoms with van der Waals surface area (Å²) in [6.07, 6.45) is 8.70. The fourth-order valence-corrected chi connectivity index (χ4v) is 3.09. The molecule has 1 heterocycles. The summed E-state index contributed by atoms with van der Waals surface area (Å²) in [5, 5.41) is 3.46. The topological polar surface area (TPSA) is 38.3 Å². The van der Waals surface area contributed by atoms with Gasteiger partial charge in [-0.25, -0.2) is 0 Å². The van der Waals surface area contributed by atoms with Crippen LogP contribution in [0.1, 0.15) is 44.9 Å². The third-order valence-electron chi connectivity index (χ3n) is 4.31. The van der Waals surface area contributed by atoms with Crippen molar-refractivity contribution in [1.82, 2.24) is 5.32 Å². The highest BCUT2D eigenvalue weighted by atomic mass is 16.5. The molecule has 2 saturated carbocycles. The fourth-order valence-electron chi connectivity index (χ4n) is 3.09. The van der Waals surface area contributed by atoms with Crippen LogP contribution in [0.25, 0.3) is 0 Å². The van der Waals surface area contributed by atoms with E-state index in [0.29, 0.717) is 18.6 Å². The summed E-state index contributed by atoms with van der Waals surface area (Å²) < 4.78 is 5.35. The molecule has 3 heteroatoms. The lowest BCUT2D eigenvalue weighted by Crippen LogP contribution is -2.38. The summed E-state index contributed by atoms with van der Waals surface area (Å²) in [6, 6.07) is 0.582. The van der Waals surface area contributed by atoms with Gasteiger partial charge in [0.2, 0.25) is 0 Å². The van der Waals surface area contributed by atoms with Crippen molar-refractivity contribution in [2.24, 2.45) is 11.8 Å². The second-order valence-electron chi connectivity index (χ2n) is 5.68. The smallest absolute Gasteiger partial charge is 0.323 e. The Kier molecular flexibility index (Phi) is 2.88. The van der Waals surface area contributed by atoms with Gasteiger partial charge < -0.3 is 10.1 Å². The summed E-state index contributed by atoms with van der Waals surface area (Å²) in [7, 11) is 0. The molecule has 0 aromatic rings. The lowest BCUT2D eigenvalue weighted by molar-refractivity contribution is -0.146. The van der Waals surface area contributed by atoms with Crippen molar-refractivity contribution in [2.75, 3.05) is 6.61 Å². The molecule has 16 heavy (non-hydrogen) atoms. The number of carbonyl (C=O) groups is 1. The van der Waals surface area contributed by atoms with E-state index in [1.54, 1.807) is 0 Å². The molecule has 0 spiro atoms. The van der Waals surface area contributed by atoms with Crippen LogP contribution in [0, 0.1) is 11.8 Å². The van der Waals surface area contributed by atoms with Crippen molar-refractivity contribution in [2.45, 2.75) is 57.0 Å². The SMILES string of the molecule is O=C(OCC1CC1)C1CC2CCCCC2N1. The molecule has 1 saturated heterocycles. The predicted octanol–water partition coefficient (Wildman–Crippen LogP) is 1.86. The zero-order valence-corrected chi connectivity index (χ0v) is 9.78. The minimum Gasteiger partial charge on any atom is -0.464 e. The van der Waals surface area contributed by atoms with Crippen LogP contribution in [0.4, 0.5) is 0 Å². The molecule has 0 aromatic heterocycles. The molecule has 3 fully saturated rings. The second-order valence-corrected chi connectivity index (χ2v) is 5.68. The standard InChI is InChI=1S/C13H21NO2/c15-13(16-8-9-5-6-9)12-7-10-3-1-2-4-11(10)14-12/h9-12,14H,1-8H2. The van der Waals surface area contributed by atoms with Gasteiger partial charge in [0.05, 0.1) is 6.61 Å². The first-order chi connectivity index (χ1) is 7.83. The Hall–Kier alpha value is -0.570. The Morgan fingerprint density at radius 2 is 2.00 bits per heavy atom. The van der Waals surface area contributed by atoms with Crippen molar-refractivity contribution in [3.8, 4) is 0 Å². The van der Waals surface area contributed by atoms with Gasteiger partial charge in [0, 0.05) is 6.04 Å². The van der Waals surface area contributed by atoms with Gasteiger partial charge in [0.15, 0.2) is 0 Å².